The molecule has 0 atom stereocenters. The average Bonchev–Trinajstić information content (AvgIpc) is 2.16. The van der Waals surface area contributed by atoms with Gasteiger partial charge in [-0.15, -0.1) is 5.43 Å². The summed E-state index contributed by atoms with van der Waals surface area (Å²) in [5.74, 6) is 0. The lowest BCUT2D eigenvalue weighted by molar-refractivity contribution is -0.532. The van der Waals surface area contributed by atoms with E-state index in [1.54, 1.807) is 5.43 Å². The Morgan fingerprint density at radius 1 is 1.33 bits per heavy atom. The Morgan fingerprint density at radius 2 is 2.00 bits per heavy atom. The summed E-state index contributed by atoms with van der Waals surface area (Å²) in [4.78, 5) is 19.7. The molecule has 0 fully saturated rings. The number of nitro groups is 2. The minimum absolute atomic E-state index is 0.0325. The van der Waals surface area contributed by atoms with Gasteiger partial charge in [-0.05, 0) is 6.08 Å². The molecule has 0 spiro atoms. The molecule has 0 bridgehead atoms. The number of hydrogen-bond acceptors (Lipinski definition) is 5. The predicted octanol–water partition coefficient (Wildman–Crippen LogP) is 0.402. The zero-order valence-electron chi connectivity index (χ0n) is 7.34. The fraction of sp³-hybridized carbons (Fsp3) is 0. The predicted molar refractivity (Wildman–Crippen MR) is 50.2 cm³/mol. The van der Waals surface area contributed by atoms with Crippen LogP contribution in [0, 0.1) is 25.6 Å². The summed E-state index contributed by atoms with van der Waals surface area (Å²) in [6.45, 7) is 0. The molecular formula is C7H6N4O4. The second-order valence-electron chi connectivity index (χ2n) is 2.56. The van der Waals surface area contributed by atoms with Gasteiger partial charge in [0.2, 0.25) is 0 Å². The molecule has 1 aliphatic carbocycles. The number of allylic oxidation sites excluding steroid dienone is 4. The molecule has 0 radical (unpaired) electrons. The highest BCUT2D eigenvalue weighted by Gasteiger charge is 2.15. The maximum Gasteiger partial charge on any atom is 0.270 e. The lowest BCUT2D eigenvalue weighted by Gasteiger charge is -2.03. The van der Waals surface area contributed by atoms with Crippen molar-refractivity contribution in [2.24, 2.45) is 0 Å². The second-order valence-corrected chi connectivity index (χ2v) is 2.56. The largest absolute Gasteiger partial charge is 0.300 e. The van der Waals surface area contributed by atoms with Crippen LogP contribution in [-0.4, -0.2) is 15.7 Å². The summed E-state index contributed by atoms with van der Waals surface area (Å²) in [6.07, 6.45) is 4.37. The summed E-state index contributed by atoms with van der Waals surface area (Å²) in [7, 11) is 0. The van der Waals surface area contributed by atoms with Gasteiger partial charge in [-0.25, -0.2) is 10.1 Å². The van der Waals surface area contributed by atoms with Crippen molar-refractivity contribution in [3.05, 3.63) is 55.9 Å². The fourth-order valence-electron chi connectivity index (χ4n) is 0.905. The van der Waals surface area contributed by atoms with E-state index >= 15 is 0 Å². The summed E-state index contributed by atoms with van der Waals surface area (Å²) in [6, 6.07) is 0. The molecular weight excluding hydrogens is 204 g/mol. The molecule has 78 valence electrons. The first-order chi connectivity index (χ1) is 7.00. The van der Waals surface area contributed by atoms with Gasteiger partial charge in [0.05, 0.1) is 16.8 Å². The van der Waals surface area contributed by atoms with E-state index in [0.29, 0.717) is 0 Å². The monoisotopic (exact) mass is 210 g/mol. The third kappa shape index (κ3) is 2.72. The van der Waals surface area contributed by atoms with Gasteiger partial charge in [-0.1, -0.05) is 0 Å². The Morgan fingerprint density at radius 3 is 2.53 bits per heavy atom. The maximum absolute atomic E-state index is 10.4. The smallest absolute Gasteiger partial charge is 0.270 e. The number of nitrogens with one attached hydrogen (secondary N) is 2. The quantitative estimate of drug-likeness (QED) is 0.515. The summed E-state index contributed by atoms with van der Waals surface area (Å²) >= 11 is 0. The van der Waals surface area contributed by atoms with Crippen LogP contribution in [0.4, 0.5) is 0 Å². The standard InChI is InChI=1S/C7H6N4O4/c8-7-2-1-6(10(12)13)3-5(7)4-9-11(14)15/h1-4,8-9H/b5-4-,8-7?. The first kappa shape index (κ1) is 10.6. The zero-order chi connectivity index (χ0) is 11.4. The van der Waals surface area contributed by atoms with E-state index in [1.807, 2.05) is 0 Å². The van der Waals surface area contributed by atoms with Crippen LogP contribution in [0.3, 0.4) is 0 Å². The van der Waals surface area contributed by atoms with Crippen molar-refractivity contribution in [3.8, 4) is 0 Å². The van der Waals surface area contributed by atoms with E-state index < -0.39 is 9.96 Å². The van der Waals surface area contributed by atoms with Gasteiger partial charge < -0.3 is 5.41 Å². The van der Waals surface area contributed by atoms with Gasteiger partial charge in [-0.3, -0.25) is 10.1 Å². The Hall–Kier alpha value is -2.51. The molecule has 8 nitrogen and oxygen atoms in total. The molecule has 0 amide bonds. The minimum Gasteiger partial charge on any atom is -0.300 e. The summed E-state index contributed by atoms with van der Waals surface area (Å²) in [5.41, 5.74) is 1.56. The van der Waals surface area contributed by atoms with Crippen LogP contribution >= 0.6 is 0 Å². The summed E-state index contributed by atoms with van der Waals surface area (Å²) in [5, 5.41) is 26.9. The molecule has 2 N–H and O–H groups in total. The zero-order valence-corrected chi connectivity index (χ0v) is 7.34. The number of nitrogens with zero attached hydrogens (tertiary/aromatic N) is 2. The molecule has 1 aliphatic rings. The van der Waals surface area contributed by atoms with E-state index in [1.165, 1.54) is 6.08 Å². The molecule has 15 heavy (non-hydrogen) atoms. The lowest BCUT2D eigenvalue weighted by atomic mass is 10.1. The van der Waals surface area contributed by atoms with Crippen LogP contribution < -0.4 is 5.43 Å². The van der Waals surface area contributed by atoms with Crippen LogP contribution in [0.15, 0.2) is 35.7 Å². The number of hydrogen-bond donors (Lipinski definition) is 2. The highest BCUT2D eigenvalue weighted by molar-refractivity contribution is 6.09. The maximum atomic E-state index is 10.4. The van der Waals surface area contributed by atoms with Gasteiger partial charge in [0.25, 0.3) is 5.70 Å². The van der Waals surface area contributed by atoms with Crippen LogP contribution in [0.2, 0.25) is 0 Å². The molecule has 0 heterocycles. The average molecular weight is 210 g/mol. The van der Waals surface area contributed by atoms with Gasteiger partial charge in [-0.2, -0.15) is 0 Å². The molecule has 0 saturated heterocycles. The van der Waals surface area contributed by atoms with Crippen molar-refractivity contribution in [1.82, 2.24) is 5.43 Å². The van der Waals surface area contributed by atoms with E-state index in [4.69, 9.17) is 5.41 Å². The topological polar surface area (TPSA) is 122 Å². The Bertz CT molecular complexity index is 421. The van der Waals surface area contributed by atoms with Gasteiger partial charge in [0.1, 0.15) is 0 Å². The van der Waals surface area contributed by atoms with Gasteiger partial charge in [0.15, 0.2) is 5.03 Å². The van der Waals surface area contributed by atoms with Crippen LogP contribution in [0.1, 0.15) is 0 Å². The van der Waals surface area contributed by atoms with Crippen molar-refractivity contribution in [1.29, 1.82) is 5.41 Å². The van der Waals surface area contributed by atoms with E-state index in [-0.39, 0.29) is 17.0 Å². The second kappa shape index (κ2) is 4.13. The Labute approximate surface area is 83.4 Å². The van der Waals surface area contributed by atoms with Crippen molar-refractivity contribution in [2.45, 2.75) is 0 Å². The molecule has 0 saturated carbocycles. The minimum atomic E-state index is -0.821. The van der Waals surface area contributed by atoms with Crippen LogP contribution in [0.5, 0.6) is 0 Å². The highest BCUT2D eigenvalue weighted by atomic mass is 16.7. The Kier molecular flexibility index (Phi) is 2.91. The first-order valence-corrected chi connectivity index (χ1v) is 3.74. The molecule has 0 aromatic rings. The number of rotatable bonds is 3. The van der Waals surface area contributed by atoms with E-state index in [2.05, 4.69) is 0 Å². The van der Waals surface area contributed by atoms with E-state index in [0.717, 1.165) is 18.4 Å². The molecule has 0 aromatic heterocycles. The van der Waals surface area contributed by atoms with Gasteiger partial charge in [0, 0.05) is 17.7 Å². The van der Waals surface area contributed by atoms with Crippen molar-refractivity contribution in [3.63, 3.8) is 0 Å². The fourth-order valence-corrected chi connectivity index (χ4v) is 0.905. The highest BCUT2D eigenvalue weighted by Crippen LogP contribution is 2.12. The van der Waals surface area contributed by atoms with Crippen LogP contribution in [-0.2, 0) is 0 Å². The van der Waals surface area contributed by atoms with Crippen LogP contribution in [0.25, 0.3) is 0 Å². The molecule has 0 aliphatic heterocycles. The Balaban J connectivity index is 2.93. The van der Waals surface area contributed by atoms with Crippen molar-refractivity contribution < 1.29 is 9.96 Å². The molecule has 1 rings (SSSR count). The van der Waals surface area contributed by atoms with Gasteiger partial charge >= 0.3 is 0 Å². The van der Waals surface area contributed by atoms with E-state index in [9.17, 15) is 20.2 Å². The molecule has 0 unspecified atom stereocenters. The SMILES string of the molecule is N=C1C=CC([N+](=O)[O-])=C/C1=C/N[N+](=O)[O-]. The normalized spacial score (nSPS) is 17.5. The lowest BCUT2D eigenvalue weighted by Crippen LogP contribution is -2.17. The summed E-state index contributed by atoms with van der Waals surface area (Å²) < 4.78 is 0. The van der Waals surface area contributed by atoms with Crippen molar-refractivity contribution >= 4 is 5.71 Å². The third-order valence-corrected chi connectivity index (χ3v) is 1.57. The first-order valence-electron chi connectivity index (χ1n) is 3.74. The number of hydrazine groups is 1. The van der Waals surface area contributed by atoms with Crippen molar-refractivity contribution in [2.75, 3.05) is 0 Å². The molecule has 0 aromatic carbocycles. The third-order valence-electron chi connectivity index (χ3n) is 1.57. The molecule has 8 heteroatoms.